The Kier molecular flexibility index (Phi) is 14.6. The number of carbonyl (C=O) groups is 2. The van der Waals surface area contributed by atoms with E-state index in [-0.39, 0.29) is 36.2 Å². The molecule has 2 rings (SSSR count). The first-order valence-corrected chi connectivity index (χ1v) is 13.3. The van der Waals surface area contributed by atoms with Gasteiger partial charge >= 0.3 is 5.97 Å². The van der Waals surface area contributed by atoms with E-state index < -0.39 is 11.6 Å². The topological polar surface area (TPSA) is 80.3 Å². The maximum absolute atomic E-state index is 13.4. The molecule has 0 heterocycles. The van der Waals surface area contributed by atoms with Crippen LogP contribution in [0.3, 0.4) is 0 Å². The van der Waals surface area contributed by atoms with Crippen LogP contribution in [0.15, 0.2) is 36.4 Å². The highest BCUT2D eigenvalue weighted by molar-refractivity contribution is 14.1. The highest BCUT2D eigenvalue weighted by atomic mass is 127. The molecule has 0 aromatic heterocycles. The fraction of sp³-hybridized carbons (Fsp3) is 0.462. The molecular weight excluding hydrogens is 716 g/mol. The largest absolute Gasteiger partial charge is 0.469 e. The normalized spacial score (nSPS) is 11.5. The van der Waals surface area contributed by atoms with Crippen molar-refractivity contribution >= 4 is 56.9 Å². The maximum atomic E-state index is 13.4. The average molecular weight is 748 g/mol. The van der Waals surface area contributed by atoms with Crippen LogP contribution in [0.4, 0.5) is 8.78 Å². The van der Waals surface area contributed by atoms with Gasteiger partial charge in [0.15, 0.2) is 11.6 Å². The Balaban J connectivity index is 0.000000371. The van der Waals surface area contributed by atoms with E-state index in [1.54, 1.807) is 12.1 Å². The Labute approximate surface area is 243 Å². The van der Waals surface area contributed by atoms with Crippen LogP contribution < -0.4 is 0 Å². The molecule has 0 N–H and O–H groups in total. The summed E-state index contributed by atoms with van der Waals surface area (Å²) in [5.74, 6) is -3.31. The van der Waals surface area contributed by atoms with E-state index in [1.807, 2.05) is 0 Å². The Morgan fingerprint density at radius 1 is 0.730 bits per heavy atom. The summed E-state index contributed by atoms with van der Waals surface area (Å²) < 4.78 is 54.6. The van der Waals surface area contributed by atoms with E-state index in [4.69, 9.17) is 18.9 Å². The molecule has 7 nitrogen and oxygen atoms in total. The van der Waals surface area contributed by atoms with Crippen molar-refractivity contribution in [2.75, 3.05) is 35.5 Å². The van der Waals surface area contributed by atoms with E-state index in [1.165, 1.54) is 66.7 Å². The third-order valence-corrected chi connectivity index (χ3v) is 7.57. The molecule has 0 aliphatic carbocycles. The lowest BCUT2D eigenvalue weighted by atomic mass is 9.99. The van der Waals surface area contributed by atoms with Gasteiger partial charge in [-0.2, -0.15) is 0 Å². The molecule has 0 fully saturated rings. The fourth-order valence-electron chi connectivity index (χ4n) is 3.57. The second-order valence-corrected chi connectivity index (χ2v) is 10.2. The van der Waals surface area contributed by atoms with Gasteiger partial charge in [-0.1, -0.05) is 0 Å². The monoisotopic (exact) mass is 748 g/mol. The molecule has 0 aliphatic heterocycles. The average Bonchev–Trinajstić information content (AvgIpc) is 2.89. The van der Waals surface area contributed by atoms with Crippen LogP contribution in [-0.4, -0.2) is 47.3 Å². The molecule has 0 saturated heterocycles. The molecule has 2 aromatic rings. The zero-order valence-electron chi connectivity index (χ0n) is 21.7. The lowest BCUT2D eigenvalue weighted by molar-refractivity contribution is -0.222. The maximum Gasteiger partial charge on any atom is 0.305 e. The standard InChI is InChI=1S/C13H16FIO4.C13H16FIO3/c1-17-12(16)6-7-13(18-2,19-3)10-8-9(14)4-5-11(10)15;1-9(16)6-7-13(17-2,18-3)11-8-10(14)4-5-12(11)15/h4-5,8H,6-7H2,1-3H3;4-5,8H,6-7H2,1-3H3. The molecular formula is C26H32F2I2O7. The summed E-state index contributed by atoms with van der Waals surface area (Å²) in [5, 5.41) is 0. The van der Waals surface area contributed by atoms with Gasteiger partial charge in [0.05, 0.1) is 13.5 Å². The predicted octanol–water partition coefficient (Wildman–Crippen LogP) is 6.07. The molecule has 11 heteroatoms. The van der Waals surface area contributed by atoms with Gasteiger partial charge < -0.3 is 28.5 Å². The minimum Gasteiger partial charge on any atom is -0.469 e. The molecule has 0 aliphatic rings. The first-order valence-electron chi connectivity index (χ1n) is 11.1. The Morgan fingerprint density at radius 2 is 1.11 bits per heavy atom. The summed E-state index contributed by atoms with van der Waals surface area (Å²) in [7, 11) is 7.22. The molecule has 0 saturated carbocycles. The second-order valence-electron chi connectivity index (χ2n) is 7.85. The number of rotatable bonds is 12. The third-order valence-electron chi connectivity index (χ3n) is 5.69. The van der Waals surface area contributed by atoms with Crippen molar-refractivity contribution in [1.82, 2.24) is 0 Å². The number of esters is 1. The lowest BCUT2D eigenvalue weighted by Gasteiger charge is -2.32. The molecule has 206 valence electrons. The molecule has 0 bridgehead atoms. The van der Waals surface area contributed by atoms with Crippen molar-refractivity contribution in [2.45, 2.75) is 44.2 Å². The summed E-state index contributed by atoms with van der Waals surface area (Å²) in [6.45, 7) is 1.51. The van der Waals surface area contributed by atoms with Crippen molar-refractivity contribution in [3.8, 4) is 0 Å². The summed E-state index contributed by atoms with van der Waals surface area (Å²) >= 11 is 4.17. The molecule has 0 radical (unpaired) electrons. The second kappa shape index (κ2) is 16.0. The van der Waals surface area contributed by atoms with Gasteiger partial charge in [-0.15, -0.1) is 0 Å². The summed E-state index contributed by atoms with van der Waals surface area (Å²) in [5.41, 5.74) is 1.16. The van der Waals surface area contributed by atoms with Crippen molar-refractivity contribution in [3.63, 3.8) is 0 Å². The number of hydrogen-bond acceptors (Lipinski definition) is 7. The molecule has 2 aromatic carbocycles. The molecule has 0 spiro atoms. The van der Waals surface area contributed by atoms with Crippen LogP contribution in [0.2, 0.25) is 0 Å². The van der Waals surface area contributed by atoms with Crippen LogP contribution in [0.1, 0.15) is 43.7 Å². The van der Waals surface area contributed by atoms with Gasteiger partial charge in [-0.05, 0) is 88.5 Å². The molecule has 0 amide bonds. The zero-order valence-corrected chi connectivity index (χ0v) is 26.0. The molecule has 0 atom stereocenters. The van der Waals surface area contributed by atoms with E-state index >= 15 is 0 Å². The van der Waals surface area contributed by atoms with Gasteiger partial charge in [0, 0.05) is 66.0 Å². The van der Waals surface area contributed by atoms with Crippen LogP contribution in [0.5, 0.6) is 0 Å². The zero-order chi connectivity index (χ0) is 28.2. The van der Waals surface area contributed by atoms with E-state index in [0.29, 0.717) is 24.0 Å². The van der Waals surface area contributed by atoms with Gasteiger partial charge in [-0.25, -0.2) is 8.78 Å². The Hall–Kier alpha value is -1.26. The number of Topliss-reactive ketones (excluding diaryl/α,β-unsaturated/α-hetero) is 1. The van der Waals surface area contributed by atoms with Gasteiger partial charge in [0.1, 0.15) is 17.4 Å². The van der Waals surface area contributed by atoms with Crippen molar-refractivity contribution in [2.24, 2.45) is 0 Å². The first kappa shape index (κ1) is 33.8. The number of ether oxygens (including phenoxy) is 5. The smallest absolute Gasteiger partial charge is 0.305 e. The molecule has 0 unspecified atom stereocenters. The first-order chi connectivity index (χ1) is 17.4. The number of carbonyl (C=O) groups excluding carboxylic acids is 2. The van der Waals surface area contributed by atoms with Crippen LogP contribution in [0.25, 0.3) is 0 Å². The Morgan fingerprint density at radius 3 is 1.43 bits per heavy atom. The predicted molar refractivity (Wildman–Crippen MR) is 151 cm³/mol. The van der Waals surface area contributed by atoms with E-state index in [0.717, 1.165) is 7.14 Å². The highest BCUT2D eigenvalue weighted by Gasteiger charge is 2.36. The van der Waals surface area contributed by atoms with Gasteiger partial charge in [0.2, 0.25) is 0 Å². The van der Waals surface area contributed by atoms with E-state index in [9.17, 15) is 18.4 Å². The third kappa shape index (κ3) is 9.46. The number of ketones is 1. The van der Waals surface area contributed by atoms with Crippen LogP contribution in [0, 0.1) is 18.8 Å². The van der Waals surface area contributed by atoms with E-state index in [2.05, 4.69) is 49.9 Å². The molecule has 37 heavy (non-hydrogen) atoms. The van der Waals surface area contributed by atoms with Gasteiger partial charge in [0.25, 0.3) is 0 Å². The lowest BCUT2D eigenvalue weighted by Crippen LogP contribution is -2.33. The van der Waals surface area contributed by atoms with Crippen molar-refractivity contribution in [1.29, 1.82) is 0 Å². The van der Waals surface area contributed by atoms with Crippen LogP contribution in [-0.2, 0) is 44.8 Å². The number of benzene rings is 2. The summed E-state index contributed by atoms with van der Waals surface area (Å²) in [6, 6.07) is 8.77. The van der Waals surface area contributed by atoms with Crippen LogP contribution >= 0.6 is 45.2 Å². The minimum atomic E-state index is -1.16. The minimum absolute atomic E-state index is 0.0416. The van der Waals surface area contributed by atoms with Crippen molar-refractivity contribution < 1.29 is 42.1 Å². The van der Waals surface area contributed by atoms with Crippen molar-refractivity contribution in [3.05, 3.63) is 66.3 Å². The number of halogens is 4. The quantitative estimate of drug-likeness (QED) is 0.148. The highest BCUT2D eigenvalue weighted by Crippen LogP contribution is 2.36. The summed E-state index contributed by atoms with van der Waals surface area (Å²) in [6.07, 6.45) is 1.03. The Bertz CT molecular complexity index is 1040. The number of methoxy groups -OCH3 is 5. The van der Waals surface area contributed by atoms with Gasteiger partial charge in [-0.3, -0.25) is 4.79 Å². The fourth-order valence-corrected chi connectivity index (χ4v) is 5.06. The summed E-state index contributed by atoms with van der Waals surface area (Å²) in [4.78, 5) is 22.4. The SMILES string of the molecule is COC(=O)CCC(OC)(OC)c1cc(F)ccc1I.COC(CCC(C)=O)(OC)c1cc(F)ccc1I. The number of hydrogen-bond donors (Lipinski definition) is 0.